The van der Waals surface area contributed by atoms with Gasteiger partial charge in [0.05, 0.1) is 23.7 Å². The Balaban J connectivity index is 1.30. The first-order valence-electron chi connectivity index (χ1n) is 10.2. The molecule has 5 rings (SSSR count). The van der Waals surface area contributed by atoms with Gasteiger partial charge in [-0.1, -0.05) is 29.1 Å². The number of fused-ring (bicyclic) bond motifs is 1. The van der Waals surface area contributed by atoms with Crippen LogP contribution in [-0.2, 0) is 13.0 Å². The summed E-state index contributed by atoms with van der Waals surface area (Å²) in [5, 5.41) is 5.29. The fourth-order valence-electron chi connectivity index (χ4n) is 3.32. The van der Waals surface area contributed by atoms with Crippen LogP contribution in [0.15, 0.2) is 86.1 Å². The number of aromatic nitrogens is 5. The molecule has 8 nitrogen and oxygen atoms in total. The molecule has 9 heteroatoms. The lowest BCUT2D eigenvalue weighted by Gasteiger charge is -2.11. The van der Waals surface area contributed by atoms with Gasteiger partial charge in [-0.05, 0) is 42.8 Å². The Hall–Kier alpha value is -3.72. The molecule has 0 amide bonds. The fourth-order valence-corrected chi connectivity index (χ4v) is 4.25. The third-order valence-electron chi connectivity index (χ3n) is 4.89. The van der Waals surface area contributed by atoms with Crippen molar-refractivity contribution in [3.05, 3.63) is 89.2 Å². The Morgan fingerprint density at radius 2 is 1.88 bits per heavy atom. The van der Waals surface area contributed by atoms with E-state index in [-0.39, 0.29) is 5.56 Å². The molecule has 4 heterocycles. The number of aryl methyl sites for hydroxylation is 1. The van der Waals surface area contributed by atoms with Gasteiger partial charge >= 0.3 is 0 Å². The molecule has 0 fully saturated rings. The molecule has 160 valence electrons. The van der Waals surface area contributed by atoms with Crippen LogP contribution in [0.5, 0.6) is 0 Å². The van der Waals surface area contributed by atoms with Gasteiger partial charge in [-0.2, -0.15) is 4.98 Å². The van der Waals surface area contributed by atoms with Crippen molar-refractivity contribution in [2.45, 2.75) is 24.5 Å². The number of hydrogen-bond donors (Lipinski definition) is 0. The SMILES string of the molecule is O=c1c2ccccc2nc(SCCCc2nc(-c3ccncc3)no2)n1Cc1ccco1. The summed E-state index contributed by atoms with van der Waals surface area (Å²) in [6.45, 7) is 0.338. The van der Waals surface area contributed by atoms with Gasteiger partial charge < -0.3 is 8.94 Å². The molecule has 0 radical (unpaired) electrons. The second-order valence-corrected chi connectivity index (χ2v) is 8.14. The van der Waals surface area contributed by atoms with E-state index in [1.807, 2.05) is 42.5 Å². The maximum Gasteiger partial charge on any atom is 0.262 e. The molecule has 0 saturated carbocycles. The highest BCUT2D eigenvalue weighted by Crippen LogP contribution is 2.21. The molecular weight excluding hydrogens is 426 g/mol. The topological polar surface area (TPSA) is 99.8 Å². The normalized spacial score (nSPS) is 11.2. The Kier molecular flexibility index (Phi) is 5.80. The van der Waals surface area contributed by atoms with Crippen LogP contribution in [-0.4, -0.2) is 30.4 Å². The minimum absolute atomic E-state index is 0.0756. The molecule has 0 bridgehead atoms. The van der Waals surface area contributed by atoms with E-state index in [0.29, 0.717) is 46.5 Å². The highest BCUT2D eigenvalue weighted by atomic mass is 32.2. The van der Waals surface area contributed by atoms with Gasteiger partial charge in [0.1, 0.15) is 5.76 Å². The highest BCUT2D eigenvalue weighted by Gasteiger charge is 2.14. The molecule has 1 aromatic carbocycles. The maximum atomic E-state index is 13.1. The van der Waals surface area contributed by atoms with Gasteiger partial charge in [0.15, 0.2) is 5.16 Å². The number of nitrogens with zero attached hydrogens (tertiary/aromatic N) is 5. The maximum absolute atomic E-state index is 13.1. The number of para-hydroxylation sites is 1. The number of benzene rings is 1. The Morgan fingerprint density at radius 1 is 1.00 bits per heavy atom. The van der Waals surface area contributed by atoms with Gasteiger partial charge in [-0.3, -0.25) is 14.3 Å². The minimum atomic E-state index is -0.0756. The molecular formula is C23H19N5O3S. The van der Waals surface area contributed by atoms with Gasteiger partial charge in [0.2, 0.25) is 11.7 Å². The van der Waals surface area contributed by atoms with Crippen molar-refractivity contribution in [2.75, 3.05) is 5.75 Å². The summed E-state index contributed by atoms with van der Waals surface area (Å²) >= 11 is 1.53. The first kappa shape index (κ1) is 20.2. The van der Waals surface area contributed by atoms with E-state index in [2.05, 4.69) is 15.1 Å². The van der Waals surface area contributed by atoms with Crippen LogP contribution >= 0.6 is 11.8 Å². The second-order valence-electron chi connectivity index (χ2n) is 7.08. The summed E-state index contributed by atoms with van der Waals surface area (Å²) < 4.78 is 12.5. The largest absolute Gasteiger partial charge is 0.467 e. The molecule has 4 aromatic heterocycles. The van der Waals surface area contributed by atoms with Crippen molar-refractivity contribution in [3.8, 4) is 11.4 Å². The lowest BCUT2D eigenvalue weighted by molar-refractivity contribution is 0.378. The zero-order chi connectivity index (χ0) is 21.8. The van der Waals surface area contributed by atoms with Crippen molar-refractivity contribution in [2.24, 2.45) is 0 Å². The van der Waals surface area contributed by atoms with Crippen molar-refractivity contribution >= 4 is 22.7 Å². The van der Waals surface area contributed by atoms with Gasteiger partial charge in [-0.15, -0.1) is 0 Å². The van der Waals surface area contributed by atoms with Crippen LogP contribution in [0.4, 0.5) is 0 Å². The van der Waals surface area contributed by atoms with Gasteiger partial charge in [0, 0.05) is 30.1 Å². The van der Waals surface area contributed by atoms with Crippen LogP contribution in [0.3, 0.4) is 0 Å². The third kappa shape index (κ3) is 4.33. The van der Waals surface area contributed by atoms with E-state index in [9.17, 15) is 4.79 Å². The Bertz CT molecular complexity index is 1380. The first-order valence-corrected chi connectivity index (χ1v) is 11.1. The summed E-state index contributed by atoms with van der Waals surface area (Å²) in [5.74, 6) is 2.59. The zero-order valence-corrected chi connectivity index (χ0v) is 17.9. The van der Waals surface area contributed by atoms with Crippen molar-refractivity contribution in [1.82, 2.24) is 24.7 Å². The van der Waals surface area contributed by atoms with Crippen LogP contribution in [0.25, 0.3) is 22.3 Å². The van der Waals surface area contributed by atoms with E-state index in [1.165, 1.54) is 11.8 Å². The molecule has 0 saturated heterocycles. The van der Waals surface area contributed by atoms with E-state index in [0.717, 1.165) is 17.7 Å². The quantitative estimate of drug-likeness (QED) is 0.199. The summed E-state index contributed by atoms with van der Waals surface area (Å²) in [7, 11) is 0. The molecule has 0 spiro atoms. The standard InChI is InChI=1S/C23H19N5O3S/c29-22-18-6-1-2-7-19(18)25-23(28(22)15-17-5-3-13-30-17)32-14-4-8-20-26-21(27-31-20)16-9-11-24-12-10-16/h1-3,5-7,9-13H,4,8,14-15H2. The number of thioether (sulfide) groups is 1. The minimum Gasteiger partial charge on any atom is -0.467 e. The smallest absolute Gasteiger partial charge is 0.262 e. The second kappa shape index (κ2) is 9.19. The predicted molar refractivity (Wildman–Crippen MR) is 120 cm³/mol. The average Bonchev–Trinajstić information content (AvgIpc) is 3.52. The lowest BCUT2D eigenvalue weighted by Crippen LogP contribution is -2.23. The van der Waals surface area contributed by atoms with E-state index in [4.69, 9.17) is 13.9 Å². The van der Waals surface area contributed by atoms with Crippen LogP contribution in [0, 0.1) is 0 Å². The Morgan fingerprint density at radius 3 is 2.72 bits per heavy atom. The summed E-state index contributed by atoms with van der Waals surface area (Å²) in [5.41, 5.74) is 1.48. The predicted octanol–water partition coefficient (Wildman–Crippen LogP) is 4.21. The van der Waals surface area contributed by atoms with Crippen LogP contribution in [0.1, 0.15) is 18.1 Å². The molecule has 32 heavy (non-hydrogen) atoms. The van der Waals surface area contributed by atoms with Crippen molar-refractivity contribution in [1.29, 1.82) is 0 Å². The number of furan rings is 1. The molecule has 0 aliphatic carbocycles. The van der Waals surface area contributed by atoms with Crippen molar-refractivity contribution < 1.29 is 8.94 Å². The molecule has 0 atom stereocenters. The fraction of sp³-hybridized carbons (Fsp3) is 0.174. The number of rotatable bonds is 8. The zero-order valence-electron chi connectivity index (χ0n) is 17.0. The average molecular weight is 446 g/mol. The van der Waals surface area contributed by atoms with E-state index >= 15 is 0 Å². The number of pyridine rings is 1. The molecule has 0 N–H and O–H groups in total. The summed E-state index contributed by atoms with van der Waals surface area (Å²) in [4.78, 5) is 26.3. The lowest BCUT2D eigenvalue weighted by atomic mass is 10.2. The molecule has 5 aromatic rings. The third-order valence-corrected chi connectivity index (χ3v) is 5.96. The highest BCUT2D eigenvalue weighted by molar-refractivity contribution is 7.99. The van der Waals surface area contributed by atoms with Gasteiger partial charge in [-0.25, -0.2) is 4.98 Å². The molecule has 0 unspecified atom stereocenters. The number of hydrogen-bond acceptors (Lipinski definition) is 8. The van der Waals surface area contributed by atoms with Gasteiger partial charge in [0.25, 0.3) is 5.56 Å². The molecule has 0 aliphatic rings. The first-order chi connectivity index (χ1) is 15.8. The van der Waals surface area contributed by atoms with Crippen LogP contribution < -0.4 is 5.56 Å². The Labute approximate surface area is 187 Å². The summed E-state index contributed by atoms with van der Waals surface area (Å²) in [6.07, 6.45) is 6.43. The molecule has 0 aliphatic heterocycles. The van der Waals surface area contributed by atoms with Crippen molar-refractivity contribution in [3.63, 3.8) is 0 Å². The van der Waals surface area contributed by atoms with E-state index < -0.39 is 0 Å². The monoisotopic (exact) mass is 445 g/mol. The van der Waals surface area contributed by atoms with E-state index in [1.54, 1.807) is 29.3 Å². The summed E-state index contributed by atoms with van der Waals surface area (Å²) in [6, 6.07) is 14.7. The van der Waals surface area contributed by atoms with Crippen LogP contribution in [0.2, 0.25) is 0 Å².